The molecule has 3 unspecified atom stereocenters. The Balaban J connectivity index is 1.51. The van der Waals surface area contributed by atoms with E-state index in [4.69, 9.17) is 4.74 Å². The number of fused-ring (bicyclic) bond motifs is 1. The van der Waals surface area contributed by atoms with Crippen molar-refractivity contribution in [3.05, 3.63) is 35.9 Å². The van der Waals surface area contributed by atoms with E-state index >= 15 is 0 Å². The first kappa shape index (κ1) is 44.0. The third kappa shape index (κ3) is 11.2. The quantitative estimate of drug-likeness (QED) is 0.207. The fourth-order valence-electron chi connectivity index (χ4n) is 7.92. The molecule has 0 radical (unpaired) electrons. The lowest BCUT2D eigenvalue weighted by atomic mass is 9.83. The number of likely N-dealkylation sites (tertiary alicyclic amines) is 1. The van der Waals surface area contributed by atoms with Crippen LogP contribution in [-0.2, 0) is 33.5 Å². The van der Waals surface area contributed by atoms with E-state index in [-0.39, 0.29) is 18.4 Å². The Kier molecular flexibility index (Phi) is 13.8. The van der Waals surface area contributed by atoms with Crippen LogP contribution in [0.5, 0.6) is 0 Å². The second kappa shape index (κ2) is 17.6. The summed E-state index contributed by atoms with van der Waals surface area (Å²) >= 11 is 0. The highest BCUT2D eigenvalue weighted by atomic mass is 19.4. The van der Waals surface area contributed by atoms with Crippen LogP contribution in [0.1, 0.15) is 91.2 Å². The number of alkyl carbamates (subject to hydrolysis) is 1. The molecule has 14 nitrogen and oxygen atoms in total. The average Bonchev–Trinajstić information content (AvgIpc) is 3.42. The van der Waals surface area contributed by atoms with Gasteiger partial charge in [0.2, 0.25) is 29.4 Å². The lowest BCUT2D eigenvalue weighted by molar-refractivity contribution is -0.148. The minimum absolute atomic E-state index is 0.138. The molecule has 0 aromatic heterocycles. The van der Waals surface area contributed by atoms with Gasteiger partial charge in [0.1, 0.15) is 23.7 Å². The van der Waals surface area contributed by atoms with Gasteiger partial charge in [-0.25, -0.2) is 4.79 Å². The largest absolute Gasteiger partial charge is 0.444 e. The summed E-state index contributed by atoms with van der Waals surface area (Å²) in [6, 6.07) is 2.94. The van der Waals surface area contributed by atoms with Gasteiger partial charge in [0.05, 0.1) is 12.6 Å². The molecular weight excluding hydrogens is 737 g/mol. The summed E-state index contributed by atoms with van der Waals surface area (Å²) in [5.74, 6) is -6.42. The van der Waals surface area contributed by atoms with E-state index in [1.165, 1.54) is 23.9 Å². The van der Waals surface area contributed by atoms with Crippen molar-refractivity contribution in [2.45, 2.75) is 116 Å². The van der Waals surface area contributed by atoms with Gasteiger partial charge in [-0.1, -0.05) is 63.4 Å². The van der Waals surface area contributed by atoms with Crippen molar-refractivity contribution in [1.82, 2.24) is 31.1 Å². The number of nitrogens with one attached hydrogen (secondary N) is 4. The Morgan fingerprint density at radius 2 is 1.55 bits per heavy atom. The summed E-state index contributed by atoms with van der Waals surface area (Å²) in [6.45, 7) is 8.20. The highest BCUT2D eigenvalue weighted by Crippen LogP contribution is 2.65. The highest BCUT2D eigenvalue weighted by Gasteiger charge is 2.70. The first-order valence-corrected chi connectivity index (χ1v) is 19.1. The number of benzene rings is 1. The van der Waals surface area contributed by atoms with Crippen LogP contribution >= 0.6 is 0 Å². The van der Waals surface area contributed by atoms with Gasteiger partial charge in [0.15, 0.2) is 0 Å². The number of carbonyl (C=O) groups excluding carboxylic acids is 7. The zero-order chi connectivity index (χ0) is 41.7. The smallest absolute Gasteiger partial charge is 0.408 e. The zero-order valence-electron chi connectivity index (χ0n) is 33.1. The van der Waals surface area contributed by atoms with Crippen molar-refractivity contribution in [1.29, 1.82) is 0 Å². The van der Waals surface area contributed by atoms with Gasteiger partial charge in [0, 0.05) is 27.1 Å². The topological polar surface area (TPSA) is 183 Å². The molecule has 1 saturated heterocycles. The normalized spacial score (nSPS) is 22.0. The van der Waals surface area contributed by atoms with Gasteiger partial charge in [0.25, 0.3) is 5.91 Å². The van der Waals surface area contributed by atoms with Crippen molar-refractivity contribution >= 4 is 41.4 Å². The third-order valence-electron chi connectivity index (χ3n) is 10.9. The number of ether oxygens (including phenoxy) is 1. The van der Waals surface area contributed by atoms with Gasteiger partial charge < -0.3 is 35.8 Å². The maximum atomic E-state index is 14.4. The van der Waals surface area contributed by atoms with Crippen LogP contribution in [0.4, 0.5) is 18.0 Å². The molecule has 310 valence electrons. The van der Waals surface area contributed by atoms with Crippen molar-refractivity contribution in [2.75, 3.05) is 27.2 Å². The lowest BCUT2D eigenvalue weighted by Gasteiger charge is -2.37. The fourth-order valence-corrected chi connectivity index (χ4v) is 7.92. The van der Waals surface area contributed by atoms with Gasteiger partial charge >= 0.3 is 12.3 Å². The summed E-state index contributed by atoms with van der Waals surface area (Å²) in [6.07, 6.45) is -4.12. The van der Waals surface area contributed by atoms with E-state index in [2.05, 4.69) is 21.3 Å². The maximum absolute atomic E-state index is 14.4. The van der Waals surface area contributed by atoms with Crippen molar-refractivity contribution in [3.63, 3.8) is 0 Å². The number of nitrogens with zero attached hydrogens (tertiary/aromatic N) is 2. The molecule has 3 aliphatic rings. The number of halogens is 3. The summed E-state index contributed by atoms with van der Waals surface area (Å²) in [5.41, 5.74) is -0.821. The number of hydrogen-bond donors (Lipinski definition) is 4. The van der Waals surface area contributed by atoms with Crippen molar-refractivity contribution < 1.29 is 51.5 Å². The van der Waals surface area contributed by atoms with Crippen molar-refractivity contribution in [3.8, 4) is 0 Å². The summed E-state index contributed by atoms with van der Waals surface area (Å²) < 4.78 is 45.8. The second-order valence-electron chi connectivity index (χ2n) is 16.8. The molecule has 17 heteroatoms. The Morgan fingerprint density at radius 3 is 2.12 bits per heavy atom. The summed E-state index contributed by atoms with van der Waals surface area (Å²) in [4.78, 5) is 96.2. The van der Waals surface area contributed by atoms with Gasteiger partial charge in [-0.2, -0.15) is 13.2 Å². The molecular formula is C39H55F3N6O8. The molecule has 56 heavy (non-hydrogen) atoms. The lowest BCUT2D eigenvalue weighted by Crippen LogP contribution is -2.60. The number of hydrogen-bond acceptors (Lipinski definition) is 8. The monoisotopic (exact) mass is 792 g/mol. The molecule has 0 bridgehead atoms. The fraction of sp³-hybridized carbons (Fsp3) is 0.667. The van der Waals surface area contributed by atoms with E-state index in [0.717, 1.165) is 19.3 Å². The summed E-state index contributed by atoms with van der Waals surface area (Å²) in [5, 5.41) is 9.66. The van der Waals surface area contributed by atoms with Gasteiger partial charge in [-0.3, -0.25) is 28.8 Å². The Hall–Kier alpha value is -4.70. The second-order valence-corrected chi connectivity index (χ2v) is 16.8. The minimum Gasteiger partial charge on any atom is -0.444 e. The van der Waals surface area contributed by atoms with Gasteiger partial charge in [-0.05, 0) is 68.8 Å². The molecule has 1 aliphatic heterocycles. The molecule has 0 spiro atoms. The molecule has 4 N–H and O–H groups in total. The van der Waals surface area contributed by atoms with E-state index in [1.807, 2.05) is 13.8 Å². The van der Waals surface area contributed by atoms with Crippen molar-refractivity contribution in [2.24, 2.45) is 23.2 Å². The van der Waals surface area contributed by atoms with Crippen LogP contribution in [0.2, 0.25) is 0 Å². The van der Waals surface area contributed by atoms with Crippen LogP contribution in [0.25, 0.3) is 0 Å². The van der Waals surface area contributed by atoms with E-state index in [9.17, 15) is 46.7 Å². The number of amides is 6. The molecule has 3 fully saturated rings. The zero-order valence-corrected chi connectivity index (χ0v) is 33.1. The number of carbonyl (C=O) groups is 7. The molecule has 4 rings (SSSR count). The van der Waals surface area contributed by atoms with Crippen LogP contribution in [-0.4, -0.2) is 108 Å². The van der Waals surface area contributed by atoms with E-state index in [1.54, 1.807) is 51.1 Å². The number of rotatable bonds is 14. The average molecular weight is 793 g/mol. The van der Waals surface area contributed by atoms with E-state index < -0.39 is 108 Å². The number of Topliss-reactive ketones (excluding diaryl/α,β-unsaturated/α-hetero) is 1. The molecule has 1 aromatic rings. The third-order valence-corrected chi connectivity index (χ3v) is 10.9. The minimum atomic E-state index is -4.75. The predicted octanol–water partition coefficient (Wildman–Crippen LogP) is 3.40. The Bertz CT molecular complexity index is 1640. The molecule has 1 heterocycles. The number of likely N-dealkylation sites (N-methyl/N-ethyl adjacent to an activating group) is 1. The van der Waals surface area contributed by atoms with E-state index in [0.29, 0.717) is 18.4 Å². The number of piperidine rings is 1. The number of ketones is 1. The SMILES string of the molecule is CN(C)C(=O)[C@@H](NC(=O)CNC(=O)C(=O)C(CCC(F)(F)F)NC(=O)[C@@H]1C2C(CN1C(=O)[C@@H](NC(=O)OC(C)(C)C)C1CCCCC1)C2(C)C)c1ccccc1. The van der Waals surface area contributed by atoms with Crippen LogP contribution in [0, 0.1) is 23.2 Å². The van der Waals surface area contributed by atoms with Crippen LogP contribution < -0.4 is 21.3 Å². The van der Waals surface area contributed by atoms with Crippen LogP contribution in [0.15, 0.2) is 30.3 Å². The molecule has 2 aliphatic carbocycles. The Morgan fingerprint density at radius 1 is 0.929 bits per heavy atom. The first-order valence-electron chi connectivity index (χ1n) is 19.1. The predicted molar refractivity (Wildman–Crippen MR) is 197 cm³/mol. The summed E-state index contributed by atoms with van der Waals surface area (Å²) in [7, 11) is 2.97. The molecule has 6 atom stereocenters. The van der Waals surface area contributed by atoms with Crippen LogP contribution in [0.3, 0.4) is 0 Å². The Labute approximate surface area is 325 Å². The molecule has 1 aromatic carbocycles. The first-order chi connectivity index (χ1) is 26.0. The molecule has 6 amide bonds. The highest BCUT2D eigenvalue weighted by molar-refractivity contribution is 6.38. The van der Waals surface area contributed by atoms with Gasteiger partial charge in [-0.15, -0.1) is 0 Å². The standard InChI is InChI=1S/C39H55F3N6O8/c1-37(2,3)56-36(55)46-29(23-16-12-9-13-17-23)35(54)48-21-24-27(38(24,4)5)30(48)32(51)44-25(18-19-39(40,41)42)31(50)33(52)43-20-26(49)45-28(34(53)47(6)7)22-14-10-8-11-15-22/h8,10-11,14-15,23-25,27-30H,9,12-13,16-21H2,1-7H3,(H,43,52)(H,44,51)(H,45,49)(H,46,55)/t24?,25?,27?,28-,29-,30-/m0/s1. The molecule has 2 saturated carbocycles. The maximum Gasteiger partial charge on any atom is 0.408 e. The number of alkyl halides is 3.